The van der Waals surface area contributed by atoms with Crippen LogP contribution in [0.1, 0.15) is 30.1 Å². The maximum atomic E-state index is 12.9. The summed E-state index contributed by atoms with van der Waals surface area (Å²) in [7, 11) is 3.30. The zero-order chi connectivity index (χ0) is 24.9. The Hall–Kier alpha value is -4.00. The second-order valence-corrected chi connectivity index (χ2v) is 9.01. The summed E-state index contributed by atoms with van der Waals surface area (Å²) in [5.41, 5.74) is 3.14. The normalized spacial score (nSPS) is 15.4. The number of amides is 1. The number of para-hydroxylation sites is 2. The number of benzene rings is 3. The topological polar surface area (TPSA) is 65.8 Å². The molecule has 0 N–H and O–H groups in total. The lowest BCUT2D eigenvalue weighted by Gasteiger charge is -2.18. The summed E-state index contributed by atoms with van der Waals surface area (Å²) in [4.78, 5) is 19.8. The molecule has 4 aromatic rings. The number of imidazole rings is 1. The Morgan fingerprint density at radius 1 is 0.917 bits per heavy atom. The lowest BCUT2D eigenvalue weighted by atomic mass is 10.1. The number of nitrogens with zero attached hydrogens (tertiary/aromatic N) is 3. The number of hydrogen-bond donors (Lipinski definition) is 0. The second kappa shape index (κ2) is 10.7. The van der Waals surface area contributed by atoms with Gasteiger partial charge in [0.1, 0.15) is 23.1 Å². The van der Waals surface area contributed by atoms with Gasteiger partial charge in [0.05, 0.1) is 31.9 Å². The smallest absolute Gasteiger partial charge is 0.223 e. The maximum Gasteiger partial charge on any atom is 0.223 e. The molecule has 1 aliphatic heterocycles. The van der Waals surface area contributed by atoms with Gasteiger partial charge in [-0.1, -0.05) is 30.3 Å². The Bertz CT molecular complexity index is 1330. The fourth-order valence-electron chi connectivity index (χ4n) is 4.79. The average Bonchev–Trinajstić information content (AvgIpc) is 3.47. The first kappa shape index (κ1) is 23.7. The first-order valence-corrected chi connectivity index (χ1v) is 12.3. The van der Waals surface area contributed by atoms with E-state index in [0.29, 0.717) is 26.1 Å². The lowest BCUT2D eigenvalue weighted by molar-refractivity contribution is -0.128. The molecule has 5 rings (SSSR count). The number of aryl methyl sites for hydroxylation is 1. The van der Waals surface area contributed by atoms with Crippen molar-refractivity contribution in [1.29, 1.82) is 0 Å². The quantitative estimate of drug-likeness (QED) is 0.295. The van der Waals surface area contributed by atoms with Crippen LogP contribution in [-0.2, 0) is 17.9 Å². The molecule has 1 saturated heterocycles. The highest BCUT2D eigenvalue weighted by molar-refractivity contribution is 5.81. The minimum atomic E-state index is 0.0578. The summed E-state index contributed by atoms with van der Waals surface area (Å²) >= 11 is 0. The number of fused-ring (bicyclic) bond motifs is 1. The molecule has 0 bridgehead atoms. The molecule has 0 radical (unpaired) electrons. The largest absolute Gasteiger partial charge is 0.497 e. The van der Waals surface area contributed by atoms with Gasteiger partial charge in [0.2, 0.25) is 5.91 Å². The maximum absolute atomic E-state index is 12.9. The Morgan fingerprint density at radius 3 is 2.50 bits per heavy atom. The third kappa shape index (κ3) is 5.15. The molecule has 0 aliphatic carbocycles. The molecule has 1 unspecified atom stereocenters. The molecule has 1 amide bonds. The summed E-state index contributed by atoms with van der Waals surface area (Å²) in [6.45, 7) is 2.59. The minimum absolute atomic E-state index is 0.0578. The van der Waals surface area contributed by atoms with Crippen LogP contribution < -0.4 is 14.2 Å². The van der Waals surface area contributed by atoms with Crippen molar-refractivity contribution in [2.24, 2.45) is 0 Å². The van der Waals surface area contributed by atoms with Crippen LogP contribution in [-0.4, -0.2) is 47.7 Å². The van der Waals surface area contributed by atoms with Crippen LogP contribution in [0.3, 0.4) is 0 Å². The molecule has 7 nitrogen and oxygen atoms in total. The summed E-state index contributed by atoms with van der Waals surface area (Å²) in [5, 5.41) is 0. The van der Waals surface area contributed by atoms with Gasteiger partial charge in [-0.2, -0.15) is 0 Å². The molecule has 186 valence electrons. The van der Waals surface area contributed by atoms with E-state index in [2.05, 4.69) is 10.6 Å². The van der Waals surface area contributed by atoms with E-state index in [9.17, 15) is 4.79 Å². The van der Waals surface area contributed by atoms with Gasteiger partial charge in [-0.05, 0) is 48.4 Å². The van der Waals surface area contributed by atoms with E-state index in [0.717, 1.165) is 52.6 Å². The van der Waals surface area contributed by atoms with Crippen molar-refractivity contribution in [2.45, 2.75) is 31.8 Å². The number of likely N-dealkylation sites (tertiary alicyclic amines) is 1. The molecule has 0 spiro atoms. The summed E-state index contributed by atoms with van der Waals surface area (Å²) in [5.74, 6) is 3.58. The van der Waals surface area contributed by atoms with Crippen molar-refractivity contribution in [3.63, 3.8) is 0 Å². The van der Waals surface area contributed by atoms with Crippen LogP contribution in [0.4, 0.5) is 0 Å². The fraction of sp³-hybridized carbons (Fsp3) is 0.310. The van der Waals surface area contributed by atoms with E-state index in [4.69, 9.17) is 19.2 Å². The molecular weight excluding hydrogens is 454 g/mol. The van der Waals surface area contributed by atoms with Gasteiger partial charge in [0.15, 0.2) is 0 Å². The predicted octanol–water partition coefficient (Wildman–Crippen LogP) is 5.04. The number of aromatic nitrogens is 2. The van der Waals surface area contributed by atoms with Crippen molar-refractivity contribution >= 4 is 16.9 Å². The van der Waals surface area contributed by atoms with Crippen LogP contribution >= 0.6 is 0 Å². The Kier molecular flexibility index (Phi) is 7.07. The lowest BCUT2D eigenvalue weighted by Crippen LogP contribution is -2.24. The Balaban J connectivity index is 1.28. The highest BCUT2D eigenvalue weighted by Crippen LogP contribution is 2.31. The zero-order valence-electron chi connectivity index (χ0n) is 20.7. The average molecular weight is 486 g/mol. The third-order valence-electron chi connectivity index (χ3n) is 6.63. The molecule has 3 aromatic carbocycles. The van der Waals surface area contributed by atoms with E-state index >= 15 is 0 Å². The van der Waals surface area contributed by atoms with E-state index < -0.39 is 0 Å². The SMILES string of the molecule is COc1ccc(CN2CC(c3nc4ccccc4n3CCCOc3cccc(OC)c3)CC2=O)cc1. The van der Waals surface area contributed by atoms with Crippen molar-refractivity contribution in [3.05, 3.63) is 84.2 Å². The van der Waals surface area contributed by atoms with E-state index in [1.165, 1.54) is 0 Å². The number of methoxy groups -OCH3 is 2. The molecule has 1 aliphatic rings. The summed E-state index contributed by atoms with van der Waals surface area (Å²) in [6, 6.07) is 23.7. The molecule has 36 heavy (non-hydrogen) atoms. The van der Waals surface area contributed by atoms with Crippen LogP contribution in [0.25, 0.3) is 11.0 Å². The summed E-state index contributed by atoms with van der Waals surface area (Å²) < 4.78 is 18.7. The van der Waals surface area contributed by atoms with E-state index in [-0.39, 0.29) is 11.8 Å². The minimum Gasteiger partial charge on any atom is -0.497 e. The fourth-order valence-corrected chi connectivity index (χ4v) is 4.79. The van der Waals surface area contributed by atoms with Gasteiger partial charge in [-0.3, -0.25) is 4.79 Å². The van der Waals surface area contributed by atoms with Crippen LogP contribution in [0, 0.1) is 0 Å². The molecule has 7 heteroatoms. The first-order chi connectivity index (χ1) is 17.6. The van der Waals surface area contributed by atoms with Crippen LogP contribution in [0.2, 0.25) is 0 Å². The third-order valence-corrected chi connectivity index (χ3v) is 6.63. The van der Waals surface area contributed by atoms with Gasteiger partial charge in [-0.25, -0.2) is 4.98 Å². The molecule has 1 fully saturated rings. The zero-order valence-corrected chi connectivity index (χ0v) is 20.7. The number of rotatable bonds is 10. The standard InChI is InChI=1S/C29H31N3O4/c1-34-23-13-11-21(12-14-23)19-31-20-22(17-28(31)33)29-30-26-9-3-4-10-27(26)32(29)15-6-16-36-25-8-5-7-24(18-25)35-2/h3-5,7-14,18,22H,6,15-17,19-20H2,1-2H3. The number of hydrogen-bond acceptors (Lipinski definition) is 5. The highest BCUT2D eigenvalue weighted by atomic mass is 16.5. The Morgan fingerprint density at radius 2 is 1.69 bits per heavy atom. The van der Waals surface area contributed by atoms with Crippen molar-refractivity contribution in [2.75, 3.05) is 27.4 Å². The Labute approximate surface area is 211 Å². The molecule has 1 aromatic heterocycles. The summed E-state index contributed by atoms with van der Waals surface area (Å²) in [6.07, 6.45) is 1.29. The number of carbonyl (C=O) groups excluding carboxylic acids is 1. The van der Waals surface area contributed by atoms with Crippen molar-refractivity contribution < 1.29 is 19.0 Å². The highest BCUT2D eigenvalue weighted by Gasteiger charge is 2.34. The first-order valence-electron chi connectivity index (χ1n) is 12.3. The van der Waals surface area contributed by atoms with Crippen molar-refractivity contribution in [3.8, 4) is 17.2 Å². The number of carbonyl (C=O) groups is 1. The predicted molar refractivity (Wildman–Crippen MR) is 139 cm³/mol. The van der Waals surface area contributed by atoms with Gasteiger partial charge in [-0.15, -0.1) is 0 Å². The van der Waals surface area contributed by atoms with E-state index in [1.807, 2.05) is 71.6 Å². The van der Waals surface area contributed by atoms with Gasteiger partial charge < -0.3 is 23.7 Å². The molecular formula is C29H31N3O4. The monoisotopic (exact) mass is 485 g/mol. The van der Waals surface area contributed by atoms with E-state index in [1.54, 1.807) is 14.2 Å². The second-order valence-electron chi connectivity index (χ2n) is 9.01. The molecule has 0 saturated carbocycles. The molecule has 2 heterocycles. The molecule has 1 atom stereocenters. The van der Waals surface area contributed by atoms with Crippen molar-refractivity contribution in [1.82, 2.24) is 14.5 Å². The van der Waals surface area contributed by atoms with Crippen LogP contribution in [0.15, 0.2) is 72.8 Å². The van der Waals surface area contributed by atoms with Gasteiger partial charge in [0.25, 0.3) is 0 Å². The number of ether oxygens (including phenoxy) is 3. The van der Waals surface area contributed by atoms with Gasteiger partial charge in [0, 0.05) is 38.0 Å². The van der Waals surface area contributed by atoms with Gasteiger partial charge >= 0.3 is 0 Å². The van der Waals surface area contributed by atoms with Crippen LogP contribution in [0.5, 0.6) is 17.2 Å².